The van der Waals surface area contributed by atoms with Crippen molar-refractivity contribution in [1.29, 1.82) is 0 Å². The Kier molecular flexibility index (Phi) is 3.73. The molecule has 0 saturated heterocycles. The van der Waals surface area contributed by atoms with Crippen LogP contribution in [0, 0.1) is 10.5 Å². The van der Waals surface area contributed by atoms with Gasteiger partial charge < -0.3 is 11.1 Å². The van der Waals surface area contributed by atoms with Crippen LogP contribution in [0.2, 0.25) is 5.02 Å². The molecule has 0 fully saturated rings. The van der Waals surface area contributed by atoms with E-state index in [1.54, 1.807) is 12.3 Å². The van der Waals surface area contributed by atoms with Crippen LogP contribution >= 0.6 is 34.2 Å². The monoisotopic (exact) mass is 359 g/mol. The summed E-state index contributed by atoms with van der Waals surface area (Å²) in [4.78, 5) is 4.25. The normalized spacial score (nSPS) is 10.3. The van der Waals surface area contributed by atoms with Gasteiger partial charge in [0.15, 0.2) is 0 Å². The molecule has 1 aromatic heterocycles. The Morgan fingerprint density at radius 2 is 2.12 bits per heavy atom. The third-order valence-electron chi connectivity index (χ3n) is 2.34. The number of rotatable bonds is 2. The predicted octanol–water partition coefficient (Wildman–Crippen LogP) is 3.97. The second kappa shape index (κ2) is 5.10. The molecule has 1 aromatic carbocycles. The highest BCUT2D eigenvalue weighted by atomic mass is 127. The molecule has 0 aliphatic rings. The average Bonchev–Trinajstić information content (AvgIpc) is 2.27. The molecule has 0 aliphatic heterocycles. The van der Waals surface area contributed by atoms with E-state index in [1.807, 2.05) is 25.1 Å². The van der Waals surface area contributed by atoms with E-state index in [4.69, 9.17) is 17.3 Å². The van der Waals surface area contributed by atoms with Crippen molar-refractivity contribution in [3.63, 3.8) is 0 Å². The van der Waals surface area contributed by atoms with Crippen LogP contribution in [0.3, 0.4) is 0 Å². The highest BCUT2D eigenvalue weighted by Crippen LogP contribution is 2.27. The molecule has 1 heterocycles. The van der Waals surface area contributed by atoms with Crippen LogP contribution in [-0.2, 0) is 0 Å². The van der Waals surface area contributed by atoms with Crippen LogP contribution in [0.1, 0.15) is 5.56 Å². The Labute approximate surface area is 119 Å². The van der Waals surface area contributed by atoms with Gasteiger partial charge in [-0.3, -0.25) is 0 Å². The summed E-state index contributed by atoms with van der Waals surface area (Å²) in [5.41, 5.74) is 8.32. The van der Waals surface area contributed by atoms with Crippen molar-refractivity contribution in [2.24, 2.45) is 0 Å². The van der Waals surface area contributed by atoms with E-state index in [2.05, 4.69) is 32.9 Å². The molecule has 0 amide bonds. The molecule has 0 saturated carbocycles. The Hall–Kier alpha value is -1.01. The maximum absolute atomic E-state index is 6.12. The van der Waals surface area contributed by atoms with Gasteiger partial charge in [-0.25, -0.2) is 4.98 Å². The fraction of sp³-hybridized carbons (Fsp3) is 0.0833. The number of nitrogens with one attached hydrogen (secondary N) is 1. The molecule has 3 N–H and O–H groups in total. The molecule has 0 atom stereocenters. The first-order valence-corrected chi connectivity index (χ1v) is 6.46. The van der Waals surface area contributed by atoms with Crippen molar-refractivity contribution in [3.8, 4) is 0 Å². The van der Waals surface area contributed by atoms with Gasteiger partial charge in [-0.15, -0.1) is 0 Å². The number of benzene rings is 1. The Morgan fingerprint density at radius 3 is 2.76 bits per heavy atom. The molecule has 0 radical (unpaired) electrons. The van der Waals surface area contributed by atoms with E-state index in [-0.39, 0.29) is 0 Å². The SMILES string of the molecule is Cc1cnc(Nc2ccc(I)cc2Cl)cc1N. The zero-order valence-electron chi connectivity index (χ0n) is 9.17. The van der Waals surface area contributed by atoms with E-state index in [0.717, 1.165) is 14.8 Å². The summed E-state index contributed by atoms with van der Waals surface area (Å²) >= 11 is 8.34. The number of nitrogen functional groups attached to an aromatic ring is 1. The minimum atomic E-state index is 0.665. The van der Waals surface area contributed by atoms with Gasteiger partial charge in [0, 0.05) is 21.5 Å². The summed E-state index contributed by atoms with van der Waals surface area (Å²) in [5.74, 6) is 0.691. The second-order valence-corrected chi connectivity index (χ2v) is 5.33. The first-order valence-electron chi connectivity index (χ1n) is 5.00. The highest BCUT2D eigenvalue weighted by molar-refractivity contribution is 14.1. The summed E-state index contributed by atoms with van der Waals surface area (Å²) in [6, 6.07) is 7.58. The minimum Gasteiger partial charge on any atom is -0.398 e. The number of nitrogens with zero attached hydrogens (tertiary/aromatic N) is 1. The van der Waals surface area contributed by atoms with Crippen molar-refractivity contribution in [1.82, 2.24) is 4.98 Å². The minimum absolute atomic E-state index is 0.665. The zero-order valence-corrected chi connectivity index (χ0v) is 12.1. The van der Waals surface area contributed by atoms with E-state index >= 15 is 0 Å². The van der Waals surface area contributed by atoms with Crippen LogP contribution in [0.5, 0.6) is 0 Å². The van der Waals surface area contributed by atoms with Gasteiger partial charge >= 0.3 is 0 Å². The zero-order chi connectivity index (χ0) is 12.4. The number of halogens is 2. The lowest BCUT2D eigenvalue weighted by atomic mass is 10.2. The molecule has 88 valence electrons. The summed E-state index contributed by atoms with van der Waals surface area (Å²) in [7, 11) is 0. The number of hydrogen-bond acceptors (Lipinski definition) is 3. The Bertz CT molecular complexity index is 557. The lowest BCUT2D eigenvalue weighted by Crippen LogP contribution is -1.98. The maximum atomic E-state index is 6.12. The molecule has 2 rings (SSSR count). The largest absolute Gasteiger partial charge is 0.398 e. The van der Waals surface area contributed by atoms with E-state index < -0.39 is 0 Å². The highest BCUT2D eigenvalue weighted by Gasteiger charge is 2.03. The number of aryl methyl sites for hydroxylation is 1. The van der Waals surface area contributed by atoms with Crippen molar-refractivity contribution in [2.75, 3.05) is 11.1 Å². The number of nitrogens with two attached hydrogens (primary N) is 1. The van der Waals surface area contributed by atoms with Gasteiger partial charge in [0.2, 0.25) is 0 Å². The molecule has 17 heavy (non-hydrogen) atoms. The van der Waals surface area contributed by atoms with Crippen LogP contribution in [0.25, 0.3) is 0 Å². The van der Waals surface area contributed by atoms with Crippen molar-refractivity contribution in [2.45, 2.75) is 6.92 Å². The predicted molar refractivity (Wildman–Crippen MR) is 80.8 cm³/mol. The van der Waals surface area contributed by atoms with E-state index in [1.165, 1.54) is 0 Å². The summed E-state index contributed by atoms with van der Waals surface area (Å²) in [6.07, 6.45) is 1.73. The van der Waals surface area contributed by atoms with Gasteiger partial charge in [0.05, 0.1) is 10.7 Å². The molecule has 0 bridgehead atoms. The van der Waals surface area contributed by atoms with E-state index in [0.29, 0.717) is 16.5 Å². The van der Waals surface area contributed by atoms with Gasteiger partial charge in [0.1, 0.15) is 5.82 Å². The number of anilines is 3. The van der Waals surface area contributed by atoms with E-state index in [9.17, 15) is 0 Å². The van der Waals surface area contributed by atoms with Crippen molar-refractivity contribution < 1.29 is 0 Å². The molecule has 0 spiro atoms. The molecule has 3 nitrogen and oxygen atoms in total. The Morgan fingerprint density at radius 1 is 1.35 bits per heavy atom. The summed E-state index contributed by atoms with van der Waals surface area (Å²) < 4.78 is 1.09. The fourth-order valence-corrected chi connectivity index (χ4v) is 2.24. The van der Waals surface area contributed by atoms with Crippen molar-refractivity contribution in [3.05, 3.63) is 44.6 Å². The number of aromatic nitrogens is 1. The first kappa shape index (κ1) is 12.4. The van der Waals surface area contributed by atoms with Crippen LogP contribution in [0.4, 0.5) is 17.2 Å². The van der Waals surface area contributed by atoms with Crippen LogP contribution in [0.15, 0.2) is 30.5 Å². The van der Waals surface area contributed by atoms with Crippen LogP contribution in [-0.4, -0.2) is 4.98 Å². The fourth-order valence-electron chi connectivity index (χ4n) is 1.34. The molecule has 5 heteroatoms. The number of hydrogen-bond donors (Lipinski definition) is 2. The summed E-state index contributed by atoms with van der Waals surface area (Å²) in [5, 5.41) is 3.81. The topological polar surface area (TPSA) is 50.9 Å². The van der Waals surface area contributed by atoms with Crippen LogP contribution < -0.4 is 11.1 Å². The number of pyridine rings is 1. The lowest BCUT2D eigenvalue weighted by Gasteiger charge is -2.09. The molecule has 0 unspecified atom stereocenters. The second-order valence-electron chi connectivity index (χ2n) is 3.68. The molecule has 0 aliphatic carbocycles. The standard InChI is InChI=1S/C12H11ClIN3/c1-7-6-16-12(5-10(7)15)17-11-3-2-8(14)4-9(11)13/h2-6H,1H3,(H3,15,16,17). The van der Waals surface area contributed by atoms with Gasteiger partial charge in [-0.1, -0.05) is 11.6 Å². The molecule has 2 aromatic rings. The average molecular weight is 360 g/mol. The first-order chi connectivity index (χ1) is 8.06. The summed E-state index contributed by atoms with van der Waals surface area (Å²) in [6.45, 7) is 1.92. The maximum Gasteiger partial charge on any atom is 0.132 e. The smallest absolute Gasteiger partial charge is 0.132 e. The van der Waals surface area contributed by atoms with Gasteiger partial charge in [-0.2, -0.15) is 0 Å². The third-order valence-corrected chi connectivity index (χ3v) is 3.32. The lowest BCUT2D eigenvalue weighted by molar-refractivity contribution is 1.26. The van der Waals surface area contributed by atoms with Gasteiger partial charge in [-0.05, 0) is 53.3 Å². The third kappa shape index (κ3) is 3.01. The quantitative estimate of drug-likeness (QED) is 0.798. The van der Waals surface area contributed by atoms with Crippen molar-refractivity contribution >= 4 is 51.4 Å². The Balaban J connectivity index is 2.28. The molecular formula is C12H11ClIN3. The molecular weight excluding hydrogens is 349 g/mol. The van der Waals surface area contributed by atoms with Gasteiger partial charge in [0.25, 0.3) is 0 Å².